The highest BCUT2D eigenvalue weighted by Crippen LogP contribution is 2.15. The summed E-state index contributed by atoms with van der Waals surface area (Å²) < 4.78 is 14.4. The molecule has 3 aromatic rings. The quantitative estimate of drug-likeness (QED) is 0.731. The van der Waals surface area contributed by atoms with Gasteiger partial charge in [-0.2, -0.15) is 0 Å². The maximum Gasteiger partial charge on any atom is 0.253 e. The molecule has 1 N–H and O–H groups in total. The summed E-state index contributed by atoms with van der Waals surface area (Å²) in [5.41, 5.74) is 2.99. The average molecular weight is 365 g/mol. The maximum absolute atomic E-state index is 13.0. The van der Waals surface area contributed by atoms with E-state index >= 15 is 0 Å². The summed E-state index contributed by atoms with van der Waals surface area (Å²) in [6.07, 6.45) is 1.75. The van der Waals surface area contributed by atoms with Gasteiger partial charge in [0, 0.05) is 24.7 Å². The number of carbonyl (C=O) groups excluding carboxylic acids is 1. The highest BCUT2D eigenvalue weighted by atomic mass is 19.1. The van der Waals surface area contributed by atoms with Gasteiger partial charge in [0.1, 0.15) is 5.82 Å². The monoisotopic (exact) mass is 365 g/mol. The first-order valence-electron chi connectivity index (χ1n) is 8.66. The van der Waals surface area contributed by atoms with Crippen molar-refractivity contribution in [2.75, 3.05) is 6.54 Å². The number of rotatable bonds is 6. The van der Waals surface area contributed by atoms with Gasteiger partial charge in [0.25, 0.3) is 5.56 Å². The van der Waals surface area contributed by atoms with Crippen molar-refractivity contribution < 1.29 is 9.18 Å². The van der Waals surface area contributed by atoms with Crippen LogP contribution in [0.5, 0.6) is 0 Å². The van der Waals surface area contributed by atoms with E-state index in [4.69, 9.17) is 0 Å². The predicted octanol–water partition coefficient (Wildman–Crippen LogP) is 2.72. The number of hydrogen-bond donors (Lipinski definition) is 1. The topological polar surface area (TPSA) is 64.0 Å². The number of aromatic nitrogens is 2. The molecule has 0 saturated carbocycles. The van der Waals surface area contributed by atoms with Gasteiger partial charge in [-0.1, -0.05) is 24.3 Å². The Hall–Kier alpha value is -3.28. The third-order valence-electron chi connectivity index (χ3n) is 4.31. The molecule has 1 amide bonds. The second-order valence-electron chi connectivity index (χ2n) is 6.27. The van der Waals surface area contributed by atoms with Gasteiger partial charge in [0.2, 0.25) is 5.91 Å². The van der Waals surface area contributed by atoms with Crippen molar-refractivity contribution in [2.45, 2.75) is 19.9 Å². The summed E-state index contributed by atoms with van der Waals surface area (Å²) in [5.74, 6) is -0.429. The van der Waals surface area contributed by atoms with Gasteiger partial charge in [-0.15, -0.1) is 0 Å². The van der Waals surface area contributed by atoms with E-state index in [1.807, 2.05) is 31.2 Å². The number of amides is 1. The first kappa shape index (κ1) is 18.5. The van der Waals surface area contributed by atoms with E-state index in [-0.39, 0.29) is 17.3 Å². The molecule has 27 heavy (non-hydrogen) atoms. The number of hydrogen-bond acceptors (Lipinski definition) is 3. The van der Waals surface area contributed by atoms with E-state index in [0.29, 0.717) is 30.8 Å². The number of nitrogens with zero attached hydrogens (tertiary/aromatic N) is 2. The van der Waals surface area contributed by atoms with Crippen LogP contribution in [0, 0.1) is 12.7 Å². The van der Waals surface area contributed by atoms with Gasteiger partial charge in [0.05, 0.1) is 18.4 Å². The molecule has 0 unspecified atom stereocenters. The van der Waals surface area contributed by atoms with Gasteiger partial charge in [-0.25, -0.2) is 9.37 Å². The van der Waals surface area contributed by atoms with Crippen molar-refractivity contribution in [1.82, 2.24) is 14.9 Å². The lowest BCUT2D eigenvalue weighted by Gasteiger charge is -2.09. The molecule has 0 atom stereocenters. The molecule has 0 spiro atoms. The second-order valence-corrected chi connectivity index (χ2v) is 6.27. The highest BCUT2D eigenvalue weighted by molar-refractivity contribution is 5.78. The normalized spacial score (nSPS) is 10.6. The Morgan fingerprint density at radius 1 is 1.15 bits per heavy atom. The fourth-order valence-electron chi connectivity index (χ4n) is 2.73. The molecule has 5 nitrogen and oxygen atoms in total. The number of aryl methyl sites for hydroxylation is 1. The van der Waals surface area contributed by atoms with E-state index in [2.05, 4.69) is 10.3 Å². The zero-order chi connectivity index (χ0) is 19.2. The van der Waals surface area contributed by atoms with E-state index in [1.165, 1.54) is 29.1 Å². The first-order valence-corrected chi connectivity index (χ1v) is 8.66. The number of nitrogens with one attached hydrogen (secondary N) is 1. The molecule has 138 valence electrons. The van der Waals surface area contributed by atoms with Crippen molar-refractivity contribution in [2.24, 2.45) is 0 Å². The Labute approximate surface area is 156 Å². The van der Waals surface area contributed by atoms with E-state index in [1.54, 1.807) is 12.1 Å². The second kappa shape index (κ2) is 8.40. The molecule has 0 radical (unpaired) electrons. The molecule has 0 fully saturated rings. The summed E-state index contributed by atoms with van der Waals surface area (Å²) >= 11 is 0. The van der Waals surface area contributed by atoms with Gasteiger partial charge in [-0.05, 0) is 42.3 Å². The Morgan fingerprint density at radius 3 is 2.59 bits per heavy atom. The minimum absolute atomic E-state index is 0.0896. The lowest BCUT2D eigenvalue weighted by atomic mass is 10.1. The van der Waals surface area contributed by atoms with Crippen LogP contribution in [0.3, 0.4) is 0 Å². The molecule has 6 heteroatoms. The maximum atomic E-state index is 13.0. The summed E-state index contributed by atoms with van der Waals surface area (Å²) in [6, 6.07) is 14.9. The number of carbonyl (C=O) groups is 1. The van der Waals surface area contributed by atoms with Gasteiger partial charge in [0.15, 0.2) is 0 Å². The largest absolute Gasteiger partial charge is 0.354 e. The third kappa shape index (κ3) is 4.88. The molecular formula is C21H20FN3O2. The van der Waals surface area contributed by atoms with E-state index < -0.39 is 0 Å². The molecule has 1 aromatic heterocycles. The van der Waals surface area contributed by atoms with Crippen LogP contribution in [0.25, 0.3) is 11.3 Å². The van der Waals surface area contributed by atoms with Crippen LogP contribution in [0.4, 0.5) is 4.39 Å². The third-order valence-corrected chi connectivity index (χ3v) is 4.31. The molecule has 0 aliphatic rings. The minimum atomic E-state index is -0.339. The molecular weight excluding hydrogens is 345 g/mol. The van der Waals surface area contributed by atoms with Gasteiger partial charge in [-0.3, -0.25) is 14.2 Å². The zero-order valence-electron chi connectivity index (χ0n) is 15.0. The van der Waals surface area contributed by atoms with E-state index in [9.17, 15) is 14.0 Å². The fourth-order valence-corrected chi connectivity index (χ4v) is 2.73. The zero-order valence-corrected chi connectivity index (χ0v) is 15.0. The van der Waals surface area contributed by atoms with Crippen molar-refractivity contribution in [3.05, 3.63) is 88.2 Å². The SMILES string of the molecule is Cc1ccccc1CC(=O)NCCn1cnc(-c2ccc(F)cc2)cc1=O. The van der Waals surface area contributed by atoms with E-state index in [0.717, 1.165) is 11.1 Å². The Balaban J connectivity index is 1.57. The molecule has 0 bridgehead atoms. The fraction of sp³-hybridized carbons (Fsp3) is 0.190. The van der Waals surface area contributed by atoms with Crippen molar-refractivity contribution in [3.63, 3.8) is 0 Å². The first-order chi connectivity index (χ1) is 13.0. The van der Waals surface area contributed by atoms with Crippen molar-refractivity contribution in [1.29, 1.82) is 0 Å². The lowest BCUT2D eigenvalue weighted by molar-refractivity contribution is -0.120. The van der Waals surface area contributed by atoms with Gasteiger partial charge >= 0.3 is 0 Å². The van der Waals surface area contributed by atoms with Crippen LogP contribution in [-0.4, -0.2) is 22.0 Å². The summed E-state index contributed by atoms with van der Waals surface area (Å²) in [6.45, 7) is 2.63. The lowest BCUT2D eigenvalue weighted by Crippen LogP contribution is -2.31. The smallest absolute Gasteiger partial charge is 0.253 e. The molecule has 0 aliphatic heterocycles. The molecule has 3 rings (SSSR count). The average Bonchev–Trinajstić information content (AvgIpc) is 2.65. The van der Waals surface area contributed by atoms with Crippen LogP contribution in [0.2, 0.25) is 0 Å². The Bertz CT molecular complexity index is 997. The van der Waals surface area contributed by atoms with Gasteiger partial charge < -0.3 is 5.32 Å². The standard InChI is InChI=1S/C21H20FN3O2/c1-15-4-2-3-5-17(15)12-20(26)23-10-11-25-14-24-19(13-21(25)27)16-6-8-18(22)9-7-16/h2-9,13-14H,10-12H2,1H3,(H,23,26). The van der Waals surface area contributed by atoms with Crippen molar-refractivity contribution >= 4 is 5.91 Å². The molecule has 1 heterocycles. The number of benzene rings is 2. The van der Waals surface area contributed by atoms with Crippen LogP contribution in [0.1, 0.15) is 11.1 Å². The van der Waals surface area contributed by atoms with Crippen LogP contribution in [0.15, 0.2) is 65.7 Å². The van der Waals surface area contributed by atoms with Crippen LogP contribution >= 0.6 is 0 Å². The highest BCUT2D eigenvalue weighted by Gasteiger charge is 2.06. The Kier molecular flexibility index (Phi) is 5.76. The summed E-state index contributed by atoms with van der Waals surface area (Å²) in [7, 11) is 0. The summed E-state index contributed by atoms with van der Waals surface area (Å²) in [4.78, 5) is 28.5. The predicted molar refractivity (Wildman–Crippen MR) is 102 cm³/mol. The Morgan fingerprint density at radius 2 is 1.89 bits per heavy atom. The molecule has 0 saturated heterocycles. The van der Waals surface area contributed by atoms with Crippen molar-refractivity contribution in [3.8, 4) is 11.3 Å². The molecule has 2 aromatic carbocycles. The van der Waals surface area contributed by atoms with Crippen LogP contribution < -0.4 is 10.9 Å². The minimum Gasteiger partial charge on any atom is -0.354 e. The van der Waals surface area contributed by atoms with Crippen LogP contribution in [-0.2, 0) is 17.8 Å². The number of halogens is 1. The molecule has 0 aliphatic carbocycles. The summed E-state index contributed by atoms with van der Waals surface area (Å²) in [5, 5.41) is 2.82.